The lowest BCUT2D eigenvalue weighted by Crippen LogP contribution is -2.30. The first-order valence-electron chi connectivity index (χ1n) is 6.36. The van der Waals surface area contributed by atoms with E-state index in [9.17, 15) is 9.90 Å². The maximum absolute atomic E-state index is 11.7. The molecule has 3 N–H and O–H groups in total. The summed E-state index contributed by atoms with van der Waals surface area (Å²) in [6, 6.07) is 6.89. The maximum Gasteiger partial charge on any atom is 0.319 e. The highest BCUT2D eigenvalue weighted by Gasteiger charge is 2.05. The number of aliphatic hydroxyl groups is 1. The van der Waals surface area contributed by atoms with E-state index in [0.717, 1.165) is 17.0 Å². The van der Waals surface area contributed by atoms with E-state index in [1.54, 1.807) is 42.7 Å². The number of anilines is 1. The van der Waals surface area contributed by atoms with Crippen molar-refractivity contribution in [3.05, 3.63) is 46.4 Å². The van der Waals surface area contributed by atoms with Crippen LogP contribution in [0.15, 0.2) is 35.8 Å². The third-order valence-electron chi connectivity index (χ3n) is 2.73. The van der Waals surface area contributed by atoms with Crippen molar-refractivity contribution < 1.29 is 9.90 Å². The first-order valence-corrected chi connectivity index (χ1v) is 7.24. The van der Waals surface area contributed by atoms with Crippen LogP contribution in [0.25, 0.3) is 0 Å². The van der Waals surface area contributed by atoms with Gasteiger partial charge in [0.05, 0.1) is 11.1 Å². The number of aliphatic hydroxyl groups excluding tert-OH is 1. The number of nitrogens with one attached hydrogen (secondary N) is 2. The van der Waals surface area contributed by atoms with Gasteiger partial charge in [0.1, 0.15) is 0 Å². The SMILES string of the molecule is CC(O)c1cccc(NC(=O)NCCc2nccs2)c1. The van der Waals surface area contributed by atoms with Gasteiger partial charge in [-0.3, -0.25) is 0 Å². The molecule has 20 heavy (non-hydrogen) atoms. The molecule has 0 aliphatic carbocycles. The van der Waals surface area contributed by atoms with Crippen LogP contribution < -0.4 is 10.6 Å². The Morgan fingerprint density at radius 2 is 2.35 bits per heavy atom. The highest BCUT2D eigenvalue weighted by atomic mass is 32.1. The number of nitrogens with zero attached hydrogens (tertiary/aromatic N) is 1. The second-order valence-electron chi connectivity index (χ2n) is 4.36. The van der Waals surface area contributed by atoms with E-state index in [-0.39, 0.29) is 6.03 Å². The topological polar surface area (TPSA) is 74.2 Å². The Balaban J connectivity index is 1.80. The summed E-state index contributed by atoms with van der Waals surface area (Å²) in [7, 11) is 0. The van der Waals surface area contributed by atoms with Gasteiger partial charge in [0, 0.05) is 30.2 Å². The lowest BCUT2D eigenvalue weighted by atomic mass is 10.1. The van der Waals surface area contributed by atoms with E-state index in [1.165, 1.54) is 0 Å². The Labute approximate surface area is 121 Å². The van der Waals surface area contributed by atoms with Gasteiger partial charge >= 0.3 is 6.03 Å². The van der Waals surface area contributed by atoms with Gasteiger partial charge in [-0.2, -0.15) is 0 Å². The number of carbonyl (C=O) groups is 1. The largest absolute Gasteiger partial charge is 0.389 e. The summed E-state index contributed by atoms with van der Waals surface area (Å²) >= 11 is 1.57. The van der Waals surface area contributed by atoms with Crippen LogP contribution in [-0.4, -0.2) is 22.7 Å². The number of urea groups is 1. The molecule has 1 aromatic carbocycles. The second kappa shape index (κ2) is 7.02. The number of carbonyl (C=O) groups excluding carboxylic acids is 1. The molecule has 106 valence electrons. The minimum atomic E-state index is -0.551. The summed E-state index contributed by atoms with van der Waals surface area (Å²) < 4.78 is 0. The molecule has 0 radical (unpaired) electrons. The third-order valence-corrected chi connectivity index (χ3v) is 3.57. The van der Waals surface area contributed by atoms with Crippen molar-refractivity contribution in [1.82, 2.24) is 10.3 Å². The first kappa shape index (κ1) is 14.5. The number of hydrogen-bond acceptors (Lipinski definition) is 4. The van der Waals surface area contributed by atoms with Crippen LogP contribution in [0.3, 0.4) is 0 Å². The molecule has 0 fully saturated rings. The Morgan fingerprint density at radius 3 is 3.05 bits per heavy atom. The van der Waals surface area contributed by atoms with E-state index < -0.39 is 6.10 Å². The van der Waals surface area contributed by atoms with Crippen molar-refractivity contribution in [3.63, 3.8) is 0 Å². The second-order valence-corrected chi connectivity index (χ2v) is 5.34. The van der Waals surface area contributed by atoms with Gasteiger partial charge in [-0.25, -0.2) is 9.78 Å². The van der Waals surface area contributed by atoms with Crippen molar-refractivity contribution in [2.75, 3.05) is 11.9 Å². The highest BCUT2D eigenvalue weighted by Crippen LogP contribution is 2.16. The summed E-state index contributed by atoms with van der Waals surface area (Å²) in [5.74, 6) is 0. The molecule has 0 saturated carbocycles. The standard InChI is InChI=1S/C14H17N3O2S/c1-10(18)11-3-2-4-12(9-11)17-14(19)16-6-5-13-15-7-8-20-13/h2-4,7-10,18H,5-6H2,1H3,(H2,16,17,19). The molecule has 2 rings (SSSR count). The molecule has 5 nitrogen and oxygen atoms in total. The molecule has 2 amide bonds. The van der Waals surface area contributed by atoms with Crippen LogP contribution in [0, 0.1) is 0 Å². The van der Waals surface area contributed by atoms with E-state index >= 15 is 0 Å². The molecule has 1 heterocycles. The molecule has 1 aromatic heterocycles. The van der Waals surface area contributed by atoms with Crippen LogP contribution in [0.5, 0.6) is 0 Å². The summed E-state index contributed by atoms with van der Waals surface area (Å²) in [6.07, 6.45) is 1.92. The molecule has 6 heteroatoms. The third kappa shape index (κ3) is 4.32. The predicted octanol–water partition coefficient (Wildman–Crippen LogP) is 2.56. The average molecular weight is 291 g/mol. The molecule has 0 bridgehead atoms. The van der Waals surface area contributed by atoms with Crippen molar-refractivity contribution in [2.24, 2.45) is 0 Å². The lowest BCUT2D eigenvalue weighted by molar-refractivity contribution is 0.199. The molecule has 1 unspecified atom stereocenters. The lowest BCUT2D eigenvalue weighted by Gasteiger charge is -2.09. The van der Waals surface area contributed by atoms with Crippen LogP contribution in [0.2, 0.25) is 0 Å². The van der Waals surface area contributed by atoms with Crippen molar-refractivity contribution >= 4 is 23.1 Å². The Morgan fingerprint density at radius 1 is 1.50 bits per heavy atom. The Bertz CT molecular complexity index is 555. The van der Waals surface area contributed by atoms with Crippen molar-refractivity contribution in [1.29, 1.82) is 0 Å². The van der Waals surface area contributed by atoms with Crippen LogP contribution in [0.1, 0.15) is 23.6 Å². The molecule has 2 aromatic rings. The smallest absolute Gasteiger partial charge is 0.319 e. The summed E-state index contributed by atoms with van der Waals surface area (Å²) in [6.45, 7) is 2.22. The first-order chi connectivity index (χ1) is 9.65. The summed E-state index contributed by atoms with van der Waals surface area (Å²) in [5, 5.41) is 17.9. The quantitative estimate of drug-likeness (QED) is 0.792. The van der Waals surface area contributed by atoms with E-state index in [0.29, 0.717) is 12.2 Å². The van der Waals surface area contributed by atoms with Gasteiger partial charge in [0.15, 0.2) is 0 Å². The van der Waals surface area contributed by atoms with Gasteiger partial charge < -0.3 is 15.7 Å². The molecule has 0 aliphatic heterocycles. The number of rotatable bonds is 5. The van der Waals surface area contributed by atoms with Crippen LogP contribution in [0.4, 0.5) is 10.5 Å². The Hall–Kier alpha value is -1.92. The Kier molecular flexibility index (Phi) is 5.09. The summed E-state index contributed by atoms with van der Waals surface area (Å²) in [4.78, 5) is 15.9. The zero-order valence-corrected chi connectivity index (χ0v) is 12.0. The minimum Gasteiger partial charge on any atom is -0.389 e. The fourth-order valence-corrected chi connectivity index (χ4v) is 2.33. The van der Waals surface area contributed by atoms with Gasteiger partial charge in [-0.15, -0.1) is 11.3 Å². The van der Waals surface area contributed by atoms with Gasteiger partial charge in [0.25, 0.3) is 0 Å². The zero-order valence-electron chi connectivity index (χ0n) is 11.2. The number of benzene rings is 1. The molecular formula is C14H17N3O2S. The highest BCUT2D eigenvalue weighted by molar-refractivity contribution is 7.09. The minimum absolute atomic E-state index is 0.260. The maximum atomic E-state index is 11.7. The average Bonchev–Trinajstić information content (AvgIpc) is 2.92. The van der Waals surface area contributed by atoms with E-state index in [1.807, 2.05) is 11.4 Å². The molecule has 0 spiro atoms. The number of thiazole rings is 1. The number of aromatic nitrogens is 1. The van der Waals surface area contributed by atoms with Crippen molar-refractivity contribution in [2.45, 2.75) is 19.4 Å². The monoisotopic (exact) mass is 291 g/mol. The molecule has 0 saturated heterocycles. The molecule has 1 atom stereocenters. The molecular weight excluding hydrogens is 274 g/mol. The van der Waals surface area contributed by atoms with Gasteiger partial charge in [0.2, 0.25) is 0 Å². The van der Waals surface area contributed by atoms with E-state index in [2.05, 4.69) is 15.6 Å². The summed E-state index contributed by atoms with van der Waals surface area (Å²) in [5.41, 5.74) is 1.43. The van der Waals surface area contributed by atoms with Gasteiger partial charge in [-0.05, 0) is 24.6 Å². The molecule has 0 aliphatic rings. The predicted molar refractivity (Wildman–Crippen MR) is 79.9 cm³/mol. The van der Waals surface area contributed by atoms with Gasteiger partial charge in [-0.1, -0.05) is 12.1 Å². The normalized spacial score (nSPS) is 11.9. The van der Waals surface area contributed by atoms with Crippen molar-refractivity contribution in [3.8, 4) is 0 Å². The number of hydrogen-bond donors (Lipinski definition) is 3. The fourth-order valence-electron chi connectivity index (χ4n) is 1.71. The van der Waals surface area contributed by atoms with Crippen LogP contribution >= 0.6 is 11.3 Å². The number of amides is 2. The fraction of sp³-hybridized carbons (Fsp3) is 0.286. The zero-order chi connectivity index (χ0) is 14.4. The van der Waals surface area contributed by atoms with Crippen LogP contribution in [-0.2, 0) is 6.42 Å². The van der Waals surface area contributed by atoms with E-state index in [4.69, 9.17) is 0 Å².